The highest BCUT2D eigenvalue weighted by Crippen LogP contribution is 2.22. The van der Waals surface area contributed by atoms with Crippen LogP contribution in [0.15, 0.2) is 24.1 Å². The van der Waals surface area contributed by atoms with E-state index < -0.39 is 6.03 Å². The van der Waals surface area contributed by atoms with Gasteiger partial charge in [-0.3, -0.25) is 15.0 Å². The monoisotopic (exact) mass is 266 g/mol. The van der Waals surface area contributed by atoms with Crippen molar-refractivity contribution in [3.63, 3.8) is 0 Å². The molecule has 1 fully saturated rings. The van der Waals surface area contributed by atoms with Crippen LogP contribution in [0.25, 0.3) is 0 Å². The molecule has 1 atom stereocenters. The van der Waals surface area contributed by atoms with Crippen LogP contribution in [-0.4, -0.2) is 36.8 Å². The number of nitrogens with one attached hydrogen (secondary N) is 1. The minimum Gasteiger partial charge on any atom is -0.495 e. The van der Waals surface area contributed by atoms with E-state index in [4.69, 9.17) is 4.74 Å². The third-order valence-corrected chi connectivity index (χ3v) is 2.82. The lowest BCUT2D eigenvalue weighted by Gasteiger charge is -2.30. The van der Waals surface area contributed by atoms with Gasteiger partial charge in [0.25, 0.3) is 0 Å². The predicted octanol–water partition coefficient (Wildman–Crippen LogP) is 1.20. The van der Waals surface area contributed by atoms with E-state index in [2.05, 4.69) is 11.9 Å². The smallest absolute Gasteiger partial charge is 0.328 e. The Kier molecular flexibility index (Phi) is 5.29. The molecule has 104 valence electrons. The van der Waals surface area contributed by atoms with Gasteiger partial charge >= 0.3 is 6.03 Å². The minimum atomic E-state index is -0.499. The van der Waals surface area contributed by atoms with Gasteiger partial charge < -0.3 is 9.53 Å². The molecule has 1 saturated heterocycles. The zero-order valence-electron chi connectivity index (χ0n) is 11.1. The van der Waals surface area contributed by atoms with Crippen LogP contribution in [0, 0.1) is 5.92 Å². The van der Waals surface area contributed by atoms with E-state index in [0.29, 0.717) is 17.9 Å². The third kappa shape index (κ3) is 3.67. The summed E-state index contributed by atoms with van der Waals surface area (Å²) < 4.78 is 5.17. The molecule has 6 heteroatoms. The largest absolute Gasteiger partial charge is 0.495 e. The van der Waals surface area contributed by atoms with Crippen LogP contribution in [0.1, 0.15) is 19.8 Å². The highest BCUT2D eigenvalue weighted by Gasteiger charge is 2.28. The molecule has 0 aromatic rings. The predicted molar refractivity (Wildman–Crippen MR) is 68.9 cm³/mol. The second-order valence-electron chi connectivity index (χ2n) is 4.29. The van der Waals surface area contributed by atoms with E-state index in [1.54, 1.807) is 6.92 Å². The first-order chi connectivity index (χ1) is 9.03. The Balaban J connectivity index is 3.06. The molecule has 0 bridgehead atoms. The molecule has 0 radical (unpaired) electrons. The number of carbonyl (C=O) groups excluding carboxylic acids is 3. The van der Waals surface area contributed by atoms with Gasteiger partial charge in [-0.15, -0.1) is 0 Å². The number of urea groups is 1. The highest BCUT2D eigenvalue weighted by atomic mass is 16.5. The summed E-state index contributed by atoms with van der Waals surface area (Å²) in [5.41, 5.74) is 0.558. The number of nitrogens with zero attached hydrogens (tertiary/aromatic N) is 1. The van der Waals surface area contributed by atoms with Crippen molar-refractivity contribution in [3.05, 3.63) is 24.1 Å². The Morgan fingerprint density at radius 2 is 2.26 bits per heavy atom. The zero-order valence-corrected chi connectivity index (χ0v) is 11.1. The van der Waals surface area contributed by atoms with Crippen LogP contribution in [0.2, 0.25) is 0 Å². The minimum absolute atomic E-state index is 0.221. The van der Waals surface area contributed by atoms with Gasteiger partial charge in [-0.2, -0.15) is 0 Å². The van der Waals surface area contributed by atoms with Crippen LogP contribution >= 0.6 is 0 Å². The van der Waals surface area contributed by atoms with Crippen molar-refractivity contribution >= 4 is 18.2 Å². The highest BCUT2D eigenvalue weighted by molar-refractivity contribution is 5.97. The van der Waals surface area contributed by atoms with Crippen molar-refractivity contribution < 1.29 is 19.1 Å². The zero-order chi connectivity index (χ0) is 14.4. The fraction of sp³-hybridized carbons (Fsp3) is 0.462. The van der Waals surface area contributed by atoms with Gasteiger partial charge in [0.2, 0.25) is 5.91 Å². The van der Waals surface area contributed by atoms with E-state index >= 15 is 0 Å². The first kappa shape index (κ1) is 14.9. The number of rotatable bonds is 6. The number of hydrogen-bond acceptors (Lipinski definition) is 4. The molecule has 0 aromatic carbocycles. The average Bonchev–Trinajstić information content (AvgIpc) is 2.39. The second kappa shape index (κ2) is 6.72. The van der Waals surface area contributed by atoms with E-state index in [1.165, 1.54) is 18.1 Å². The van der Waals surface area contributed by atoms with E-state index in [0.717, 1.165) is 6.29 Å². The lowest BCUT2D eigenvalue weighted by atomic mass is 10.0. The van der Waals surface area contributed by atoms with Gasteiger partial charge in [0.15, 0.2) is 0 Å². The molecule has 1 heterocycles. The molecule has 0 saturated carbocycles. The number of ether oxygens (including phenoxy) is 1. The van der Waals surface area contributed by atoms with Crippen LogP contribution in [0.4, 0.5) is 4.79 Å². The molecule has 1 unspecified atom stereocenters. The average molecular weight is 266 g/mol. The maximum atomic E-state index is 11.8. The summed E-state index contributed by atoms with van der Waals surface area (Å²) in [7, 11) is 1.47. The van der Waals surface area contributed by atoms with Crippen molar-refractivity contribution in [1.29, 1.82) is 0 Å². The summed E-state index contributed by atoms with van der Waals surface area (Å²) >= 11 is 0. The number of amides is 3. The van der Waals surface area contributed by atoms with Crippen molar-refractivity contribution in [2.45, 2.75) is 19.8 Å². The van der Waals surface area contributed by atoms with Crippen LogP contribution in [-0.2, 0) is 14.3 Å². The Labute approximate surface area is 112 Å². The number of hydrogen-bond donors (Lipinski definition) is 1. The van der Waals surface area contributed by atoms with Crippen LogP contribution in [0.3, 0.4) is 0 Å². The van der Waals surface area contributed by atoms with E-state index in [9.17, 15) is 14.4 Å². The topological polar surface area (TPSA) is 75.7 Å². The number of methoxy groups -OCH3 is 1. The number of imide groups is 1. The maximum absolute atomic E-state index is 11.8. The summed E-state index contributed by atoms with van der Waals surface area (Å²) in [6, 6.07) is -0.499. The fourth-order valence-electron chi connectivity index (χ4n) is 1.84. The van der Waals surface area contributed by atoms with Crippen molar-refractivity contribution in [2.24, 2.45) is 5.92 Å². The molecule has 3 amide bonds. The third-order valence-electron chi connectivity index (χ3n) is 2.82. The molecular formula is C13H18N2O4. The summed E-state index contributed by atoms with van der Waals surface area (Å²) in [6.07, 6.45) is 2.86. The lowest BCUT2D eigenvalue weighted by Crippen LogP contribution is -2.49. The van der Waals surface area contributed by atoms with Gasteiger partial charge in [-0.25, -0.2) is 4.79 Å². The van der Waals surface area contributed by atoms with Crippen LogP contribution in [0.5, 0.6) is 0 Å². The van der Waals surface area contributed by atoms with Crippen LogP contribution < -0.4 is 5.32 Å². The summed E-state index contributed by atoms with van der Waals surface area (Å²) in [5.74, 6) is -0.134. The summed E-state index contributed by atoms with van der Waals surface area (Å²) in [6.45, 7) is 5.64. The first-order valence-corrected chi connectivity index (χ1v) is 5.99. The Morgan fingerprint density at radius 1 is 1.58 bits per heavy atom. The number of aldehydes is 1. The Hall–Kier alpha value is -2.11. The second-order valence-corrected chi connectivity index (χ2v) is 4.29. The molecule has 0 aromatic heterocycles. The quantitative estimate of drug-likeness (QED) is 0.445. The molecular weight excluding hydrogens is 248 g/mol. The molecule has 1 N–H and O–H groups in total. The van der Waals surface area contributed by atoms with E-state index in [1.807, 2.05) is 0 Å². The molecule has 6 nitrogen and oxygen atoms in total. The fourth-order valence-corrected chi connectivity index (χ4v) is 1.84. The Morgan fingerprint density at radius 3 is 2.74 bits per heavy atom. The molecule has 19 heavy (non-hydrogen) atoms. The van der Waals surface area contributed by atoms with Gasteiger partial charge in [0.1, 0.15) is 12.0 Å². The SMILES string of the molecule is C=C/C(OC)=C(\CC(C)C=O)N1CCC(=O)NC1=O. The molecule has 1 aliphatic rings. The molecule has 0 aliphatic carbocycles. The van der Waals surface area contributed by atoms with Gasteiger partial charge in [-0.1, -0.05) is 13.5 Å². The van der Waals surface area contributed by atoms with Crippen molar-refractivity contribution in [3.8, 4) is 0 Å². The Bertz CT molecular complexity index is 428. The van der Waals surface area contributed by atoms with Gasteiger partial charge in [0, 0.05) is 25.3 Å². The van der Waals surface area contributed by atoms with Gasteiger partial charge in [0.05, 0.1) is 12.8 Å². The van der Waals surface area contributed by atoms with Crippen molar-refractivity contribution in [1.82, 2.24) is 10.2 Å². The standard InChI is InChI=1S/C13H18N2O4/c1-4-11(19-3)10(7-9(2)8-16)15-6-5-12(17)14-13(15)18/h4,8-9H,1,5-7H2,2-3H3,(H,14,17,18)/b11-10-. The lowest BCUT2D eigenvalue weighted by molar-refractivity contribution is -0.121. The first-order valence-electron chi connectivity index (χ1n) is 5.99. The van der Waals surface area contributed by atoms with Crippen molar-refractivity contribution in [2.75, 3.05) is 13.7 Å². The normalized spacial score (nSPS) is 18.3. The van der Waals surface area contributed by atoms with Gasteiger partial charge in [-0.05, 0) is 6.08 Å². The summed E-state index contributed by atoms with van der Waals surface area (Å²) in [4.78, 5) is 35.2. The summed E-state index contributed by atoms with van der Waals surface area (Å²) in [5, 5.41) is 2.24. The number of carbonyl (C=O) groups is 3. The molecule has 0 spiro atoms. The number of allylic oxidation sites excluding steroid dienone is 2. The molecule has 1 aliphatic heterocycles. The maximum Gasteiger partial charge on any atom is 0.328 e. The van der Waals surface area contributed by atoms with E-state index in [-0.39, 0.29) is 24.8 Å². The molecule has 1 rings (SSSR count).